The highest BCUT2D eigenvalue weighted by Crippen LogP contribution is 2.37. The molecule has 8 rings (SSSR count). The maximum Gasteiger partial charge on any atom is 0.407 e. The largest absolute Gasteiger partial charge is 0.453 e. The average molecular weight is 793 g/mol. The minimum atomic E-state index is -1.14. The summed E-state index contributed by atoms with van der Waals surface area (Å²) in [4.78, 5) is 71.6. The van der Waals surface area contributed by atoms with Crippen molar-refractivity contribution in [2.45, 2.75) is 49.9 Å². The van der Waals surface area contributed by atoms with Crippen LogP contribution in [0.15, 0.2) is 122 Å². The lowest BCUT2D eigenvalue weighted by molar-refractivity contribution is -0.141. The first kappa shape index (κ1) is 38.6. The van der Waals surface area contributed by atoms with E-state index in [1.807, 2.05) is 91.3 Å². The molecule has 0 bridgehead atoms. The first-order valence-corrected chi connectivity index (χ1v) is 19.6. The van der Waals surface area contributed by atoms with Crippen molar-refractivity contribution >= 4 is 24.0 Å². The van der Waals surface area contributed by atoms with Gasteiger partial charge in [-0.3, -0.25) is 9.59 Å². The van der Waals surface area contributed by atoms with Gasteiger partial charge in [0.05, 0.1) is 30.6 Å². The summed E-state index contributed by atoms with van der Waals surface area (Å²) < 4.78 is 10.1. The fraction of sp³-hybridized carbons (Fsp3) is 0.244. The number of nitrogens with zero attached hydrogens (tertiary/aromatic N) is 4. The molecule has 2 aliphatic rings. The second kappa shape index (κ2) is 17.1. The molecule has 4 atom stereocenters. The van der Waals surface area contributed by atoms with Gasteiger partial charge in [0.2, 0.25) is 6.10 Å². The number of hydrogen-bond acceptors (Lipinski definition) is 8. The van der Waals surface area contributed by atoms with Gasteiger partial charge in [0.15, 0.2) is 0 Å². The summed E-state index contributed by atoms with van der Waals surface area (Å²) in [5.41, 5.74) is 11.9. The number of carbonyl (C=O) groups is 4. The van der Waals surface area contributed by atoms with Crippen LogP contribution in [-0.2, 0) is 19.1 Å². The number of methoxy groups -OCH3 is 1. The standard InChI is InChI=1S/C45H44N8O6/c1-58-45(57)51-38(30-11-4-2-5-12-30)42(54)52-23-9-17-36(52)40-48-27-35(50-40)33-16-8-15-32(25-33)28-19-21-29(22-20-28)34-26-47-41(49-34)37-18-10-24-53(37)43(55)39(59-44(46)56)31-13-6-3-7-14-31/h2-8,11-16,19-22,25-27,36-39H,9-10,17-18,23-24H2,1H3,(H2,46,56)(H,47,49)(H,48,50)(H,51,57)/t36-,37+,38+,39+/m0/s1. The Morgan fingerprint density at radius 2 is 1.22 bits per heavy atom. The number of primary amides is 1. The van der Waals surface area contributed by atoms with Crippen LogP contribution in [0.4, 0.5) is 9.59 Å². The topological polar surface area (TPSA) is 189 Å². The summed E-state index contributed by atoms with van der Waals surface area (Å²) in [5, 5.41) is 2.71. The van der Waals surface area contributed by atoms with Crippen LogP contribution in [0.2, 0.25) is 0 Å². The number of aromatic amines is 2. The van der Waals surface area contributed by atoms with Crippen LogP contribution < -0.4 is 11.1 Å². The van der Waals surface area contributed by atoms with Gasteiger partial charge in [-0.1, -0.05) is 103 Å². The molecular formula is C45H44N8O6. The zero-order valence-corrected chi connectivity index (χ0v) is 32.4. The number of likely N-dealkylation sites (tertiary alicyclic amines) is 2. The van der Waals surface area contributed by atoms with Crippen molar-refractivity contribution in [2.24, 2.45) is 5.73 Å². The molecule has 4 aromatic carbocycles. The van der Waals surface area contributed by atoms with Crippen molar-refractivity contribution < 1.29 is 28.7 Å². The summed E-state index contributed by atoms with van der Waals surface area (Å²) in [6, 6.07) is 32.8. The zero-order valence-electron chi connectivity index (χ0n) is 32.4. The van der Waals surface area contributed by atoms with E-state index in [0.29, 0.717) is 42.3 Å². The quantitative estimate of drug-likeness (QED) is 0.104. The summed E-state index contributed by atoms with van der Waals surface area (Å²) in [5.74, 6) is 0.777. The van der Waals surface area contributed by atoms with Crippen LogP contribution in [-0.4, -0.2) is 73.9 Å². The van der Waals surface area contributed by atoms with Crippen molar-refractivity contribution in [1.82, 2.24) is 35.1 Å². The van der Waals surface area contributed by atoms with Crippen molar-refractivity contribution in [2.75, 3.05) is 20.2 Å². The molecule has 300 valence electrons. The maximum absolute atomic E-state index is 13.9. The first-order chi connectivity index (χ1) is 28.8. The molecule has 0 radical (unpaired) electrons. The molecule has 2 aromatic heterocycles. The molecule has 2 aliphatic heterocycles. The number of alkyl carbamates (subject to hydrolysis) is 1. The van der Waals surface area contributed by atoms with Gasteiger partial charge in [0.25, 0.3) is 11.8 Å². The van der Waals surface area contributed by atoms with Crippen molar-refractivity contribution in [1.29, 1.82) is 0 Å². The van der Waals surface area contributed by atoms with Gasteiger partial charge < -0.3 is 40.3 Å². The molecule has 4 amide bonds. The Morgan fingerprint density at radius 1 is 0.678 bits per heavy atom. The SMILES string of the molecule is COC(=O)N[C@@H](C(=O)N1CCC[C@H]1c1nc(-c2cccc(-c3ccc(-c4c[nH]c([C@H]5CCCN5C(=O)[C@H](OC(N)=O)c5ccccc5)n4)cc3)c2)c[nH]1)c1ccccc1. The number of imidazole rings is 2. The number of H-pyrrole nitrogens is 2. The molecule has 0 unspecified atom stereocenters. The van der Waals surface area contributed by atoms with Crippen molar-refractivity contribution in [3.63, 3.8) is 0 Å². The van der Waals surface area contributed by atoms with Crippen molar-refractivity contribution in [3.8, 4) is 33.6 Å². The molecule has 14 heteroatoms. The fourth-order valence-electron chi connectivity index (χ4n) is 8.06. The van der Waals surface area contributed by atoms with E-state index in [0.717, 1.165) is 52.9 Å². The third-order valence-electron chi connectivity index (χ3n) is 11.0. The van der Waals surface area contributed by atoms with E-state index >= 15 is 0 Å². The normalized spacial score (nSPS) is 17.3. The third kappa shape index (κ3) is 8.28. The van der Waals surface area contributed by atoms with Gasteiger partial charge in [0, 0.05) is 42.2 Å². The predicted octanol–water partition coefficient (Wildman–Crippen LogP) is 7.39. The van der Waals surface area contributed by atoms with Crippen molar-refractivity contribution in [3.05, 3.63) is 144 Å². The van der Waals surface area contributed by atoms with E-state index in [1.54, 1.807) is 34.1 Å². The Morgan fingerprint density at radius 3 is 1.81 bits per heavy atom. The smallest absolute Gasteiger partial charge is 0.407 e. The molecule has 0 spiro atoms. The fourth-order valence-corrected chi connectivity index (χ4v) is 8.06. The maximum atomic E-state index is 13.9. The van der Waals surface area contributed by atoms with Crippen LogP contribution in [0.25, 0.3) is 33.6 Å². The Labute approximate surface area is 340 Å². The summed E-state index contributed by atoms with van der Waals surface area (Å²) in [7, 11) is 1.28. The van der Waals surface area contributed by atoms with Gasteiger partial charge >= 0.3 is 12.2 Å². The minimum absolute atomic E-state index is 0.224. The first-order valence-electron chi connectivity index (χ1n) is 19.6. The monoisotopic (exact) mass is 792 g/mol. The van der Waals surface area contributed by atoms with Crippen LogP contribution in [0.3, 0.4) is 0 Å². The highest BCUT2D eigenvalue weighted by Gasteiger charge is 2.39. The molecular weight excluding hydrogens is 749 g/mol. The molecule has 14 nitrogen and oxygen atoms in total. The van der Waals surface area contributed by atoms with Crippen LogP contribution in [0, 0.1) is 0 Å². The number of nitrogens with one attached hydrogen (secondary N) is 3. The lowest BCUT2D eigenvalue weighted by Gasteiger charge is -2.28. The lowest BCUT2D eigenvalue weighted by atomic mass is 10.0. The highest BCUT2D eigenvalue weighted by molar-refractivity contribution is 5.88. The molecule has 59 heavy (non-hydrogen) atoms. The number of aromatic nitrogens is 4. The molecule has 0 aliphatic carbocycles. The number of nitrogens with two attached hydrogens (primary N) is 1. The summed E-state index contributed by atoms with van der Waals surface area (Å²) in [6.07, 6.45) is 3.90. The van der Waals surface area contributed by atoms with E-state index < -0.39 is 24.3 Å². The van der Waals surface area contributed by atoms with Gasteiger partial charge in [-0.05, 0) is 48.4 Å². The Kier molecular flexibility index (Phi) is 11.2. The Bertz CT molecular complexity index is 2430. The van der Waals surface area contributed by atoms with Crippen LogP contribution in [0.1, 0.15) is 72.7 Å². The lowest BCUT2D eigenvalue weighted by Crippen LogP contribution is -2.42. The number of hydrogen-bond donors (Lipinski definition) is 4. The van der Waals surface area contributed by atoms with E-state index in [2.05, 4.69) is 21.4 Å². The van der Waals surface area contributed by atoms with Crippen LogP contribution >= 0.6 is 0 Å². The van der Waals surface area contributed by atoms with E-state index in [1.165, 1.54) is 7.11 Å². The van der Waals surface area contributed by atoms with E-state index in [9.17, 15) is 19.2 Å². The number of rotatable bonds is 11. The molecule has 6 aromatic rings. The van der Waals surface area contributed by atoms with Gasteiger partial charge in [-0.2, -0.15) is 0 Å². The summed E-state index contributed by atoms with van der Waals surface area (Å²) >= 11 is 0. The number of benzene rings is 4. The van der Waals surface area contributed by atoms with Gasteiger partial charge in [0.1, 0.15) is 17.7 Å². The van der Waals surface area contributed by atoms with E-state index in [4.69, 9.17) is 25.2 Å². The number of ether oxygens (including phenoxy) is 2. The molecule has 5 N–H and O–H groups in total. The molecule has 2 fully saturated rings. The Balaban J connectivity index is 0.957. The summed E-state index contributed by atoms with van der Waals surface area (Å²) in [6.45, 7) is 1.04. The van der Waals surface area contributed by atoms with Gasteiger partial charge in [-0.25, -0.2) is 19.6 Å². The molecule has 0 saturated carbocycles. The number of amides is 4. The Hall–Kier alpha value is -7.22. The van der Waals surface area contributed by atoms with Gasteiger partial charge in [-0.15, -0.1) is 0 Å². The van der Waals surface area contributed by atoms with E-state index in [-0.39, 0.29) is 23.9 Å². The molecule has 4 heterocycles. The number of carbonyl (C=O) groups excluding carboxylic acids is 4. The molecule has 2 saturated heterocycles. The minimum Gasteiger partial charge on any atom is -0.453 e. The second-order valence-corrected chi connectivity index (χ2v) is 14.6. The third-order valence-corrected chi connectivity index (χ3v) is 11.0. The van der Waals surface area contributed by atoms with Crippen LogP contribution in [0.5, 0.6) is 0 Å². The average Bonchev–Trinajstić information content (AvgIpc) is 4.12. The predicted molar refractivity (Wildman–Crippen MR) is 219 cm³/mol. The highest BCUT2D eigenvalue weighted by atomic mass is 16.6. The zero-order chi connectivity index (χ0) is 40.9. The second-order valence-electron chi connectivity index (χ2n) is 14.6.